The third-order valence-electron chi connectivity index (χ3n) is 3.44. The first kappa shape index (κ1) is 16.3. The van der Waals surface area contributed by atoms with E-state index in [1.807, 2.05) is 33.8 Å². The molecule has 0 spiro atoms. The molecule has 120 valence electrons. The summed E-state index contributed by atoms with van der Waals surface area (Å²) in [6.45, 7) is 7.38. The van der Waals surface area contributed by atoms with Crippen LogP contribution < -0.4 is 0 Å². The van der Waals surface area contributed by atoms with Crippen molar-refractivity contribution in [3.8, 4) is 0 Å². The third kappa shape index (κ3) is 3.78. The second kappa shape index (κ2) is 5.99. The van der Waals surface area contributed by atoms with Crippen LogP contribution in [0.5, 0.6) is 0 Å². The number of fused-ring (bicyclic) bond motifs is 1. The fourth-order valence-corrected chi connectivity index (χ4v) is 2.21. The first-order valence-corrected chi connectivity index (χ1v) is 7.29. The predicted octanol–water partition coefficient (Wildman–Crippen LogP) is 4.37. The zero-order valence-corrected chi connectivity index (χ0v) is 13.6. The van der Waals surface area contributed by atoms with E-state index >= 15 is 0 Å². The van der Waals surface area contributed by atoms with Gasteiger partial charge in [-0.25, -0.2) is 9.18 Å². The van der Waals surface area contributed by atoms with Gasteiger partial charge in [0.15, 0.2) is 11.4 Å². The Hall–Kier alpha value is -2.04. The monoisotopic (exact) mass is 307 g/mol. The largest absolute Gasteiger partial charge is 0.461 e. The van der Waals surface area contributed by atoms with Gasteiger partial charge in [0.05, 0.1) is 6.26 Å². The number of rotatable bonds is 3. The van der Waals surface area contributed by atoms with E-state index in [0.29, 0.717) is 6.42 Å². The van der Waals surface area contributed by atoms with Crippen molar-refractivity contribution in [2.45, 2.75) is 45.8 Å². The fraction of sp³-hybridized carbons (Fsp3) is 0.471. The number of hydrogen-bond donors (Lipinski definition) is 0. The highest BCUT2D eigenvalue weighted by Crippen LogP contribution is 2.22. The van der Waals surface area contributed by atoms with Gasteiger partial charge in [0, 0.05) is 18.5 Å². The lowest BCUT2D eigenvalue weighted by molar-refractivity contribution is 0.0236. The minimum absolute atomic E-state index is 0.112. The molecule has 2 rings (SSSR count). The van der Waals surface area contributed by atoms with Crippen LogP contribution in [-0.4, -0.2) is 29.7 Å². The number of nitrogens with zero attached hydrogens (tertiary/aromatic N) is 1. The maximum atomic E-state index is 13.9. The molecule has 1 heterocycles. The molecule has 0 N–H and O–H groups in total. The van der Waals surface area contributed by atoms with Crippen molar-refractivity contribution in [3.05, 3.63) is 35.8 Å². The number of hydrogen-bond acceptors (Lipinski definition) is 3. The van der Waals surface area contributed by atoms with E-state index in [1.54, 1.807) is 13.1 Å². The maximum Gasteiger partial charge on any atom is 0.410 e. The summed E-state index contributed by atoms with van der Waals surface area (Å²) in [5, 5.41) is 0.724. The molecule has 0 aliphatic heterocycles. The summed E-state index contributed by atoms with van der Waals surface area (Å²) in [4.78, 5) is 13.6. The topological polar surface area (TPSA) is 42.7 Å². The Morgan fingerprint density at radius 2 is 2.09 bits per heavy atom. The highest BCUT2D eigenvalue weighted by Gasteiger charge is 2.23. The second-order valence-corrected chi connectivity index (χ2v) is 6.56. The summed E-state index contributed by atoms with van der Waals surface area (Å²) in [7, 11) is 1.69. The van der Waals surface area contributed by atoms with Crippen LogP contribution in [0, 0.1) is 5.82 Å². The maximum absolute atomic E-state index is 13.9. The molecule has 1 amide bonds. The fourth-order valence-electron chi connectivity index (χ4n) is 2.21. The van der Waals surface area contributed by atoms with E-state index in [1.165, 1.54) is 17.2 Å². The molecule has 1 aromatic heterocycles. The molecule has 1 unspecified atom stereocenters. The van der Waals surface area contributed by atoms with Crippen LogP contribution in [0.2, 0.25) is 0 Å². The zero-order valence-electron chi connectivity index (χ0n) is 13.6. The number of furan rings is 1. The zero-order chi connectivity index (χ0) is 16.5. The standard InChI is InChI=1S/C17H22FNO3/c1-11(19(5)16(20)22-17(2,3)4)8-12-9-13-6-7-21-15(13)14(18)10-12/h6-7,9-11H,8H2,1-5H3. The Bertz CT molecular complexity index is 672. The van der Waals surface area contributed by atoms with Crippen molar-refractivity contribution in [3.63, 3.8) is 0 Å². The molecule has 0 aliphatic rings. The number of likely N-dealkylation sites (N-methyl/N-ethyl adjacent to an activating group) is 1. The number of carbonyl (C=O) groups is 1. The van der Waals surface area contributed by atoms with E-state index in [4.69, 9.17) is 9.15 Å². The van der Waals surface area contributed by atoms with Gasteiger partial charge in [-0.05, 0) is 57.9 Å². The van der Waals surface area contributed by atoms with Gasteiger partial charge in [-0.2, -0.15) is 0 Å². The van der Waals surface area contributed by atoms with Gasteiger partial charge in [-0.3, -0.25) is 0 Å². The molecule has 4 nitrogen and oxygen atoms in total. The predicted molar refractivity (Wildman–Crippen MR) is 83.3 cm³/mol. The average Bonchev–Trinajstić information content (AvgIpc) is 2.84. The molecule has 2 aromatic rings. The summed E-state index contributed by atoms with van der Waals surface area (Å²) >= 11 is 0. The van der Waals surface area contributed by atoms with E-state index in [2.05, 4.69) is 0 Å². The van der Waals surface area contributed by atoms with Gasteiger partial charge in [-0.15, -0.1) is 0 Å². The Kier molecular flexibility index (Phi) is 4.44. The van der Waals surface area contributed by atoms with E-state index < -0.39 is 5.60 Å². The highest BCUT2D eigenvalue weighted by atomic mass is 19.1. The van der Waals surface area contributed by atoms with Crippen LogP contribution in [0.15, 0.2) is 28.9 Å². The number of halogens is 1. The second-order valence-electron chi connectivity index (χ2n) is 6.56. The Balaban J connectivity index is 2.09. The molecule has 0 radical (unpaired) electrons. The number of ether oxygens (including phenoxy) is 1. The van der Waals surface area contributed by atoms with Gasteiger partial charge in [0.2, 0.25) is 0 Å². The Morgan fingerprint density at radius 3 is 2.73 bits per heavy atom. The first-order valence-electron chi connectivity index (χ1n) is 7.29. The molecule has 0 aliphatic carbocycles. The van der Waals surface area contributed by atoms with Crippen molar-refractivity contribution < 1.29 is 18.3 Å². The minimum Gasteiger partial charge on any atom is -0.461 e. The lowest BCUT2D eigenvalue weighted by Gasteiger charge is -2.28. The molecular weight excluding hydrogens is 285 g/mol. The number of amides is 1. The normalized spacial score (nSPS) is 13.2. The van der Waals surface area contributed by atoms with Crippen LogP contribution in [0.4, 0.5) is 9.18 Å². The van der Waals surface area contributed by atoms with Crippen molar-refractivity contribution >= 4 is 17.1 Å². The average molecular weight is 307 g/mol. The van der Waals surface area contributed by atoms with E-state index in [9.17, 15) is 9.18 Å². The van der Waals surface area contributed by atoms with Crippen LogP contribution in [0.25, 0.3) is 11.0 Å². The molecule has 0 saturated heterocycles. The lowest BCUT2D eigenvalue weighted by Crippen LogP contribution is -2.40. The summed E-state index contributed by atoms with van der Waals surface area (Å²) in [6, 6.07) is 4.94. The SMILES string of the molecule is CC(Cc1cc(F)c2occc2c1)N(C)C(=O)OC(C)(C)C. The van der Waals surface area contributed by atoms with Crippen molar-refractivity contribution in [2.75, 3.05) is 7.05 Å². The van der Waals surface area contributed by atoms with Crippen LogP contribution in [0.1, 0.15) is 33.3 Å². The highest BCUT2D eigenvalue weighted by molar-refractivity contribution is 5.78. The van der Waals surface area contributed by atoms with E-state index in [-0.39, 0.29) is 23.5 Å². The van der Waals surface area contributed by atoms with Crippen molar-refractivity contribution in [1.82, 2.24) is 4.90 Å². The Morgan fingerprint density at radius 1 is 1.41 bits per heavy atom. The van der Waals surface area contributed by atoms with Gasteiger partial charge in [0.25, 0.3) is 0 Å². The number of carbonyl (C=O) groups excluding carboxylic acids is 1. The smallest absolute Gasteiger partial charge is 0.410 e. The molecule has 0 fully saturated rings. The summed E-state index contributed by atoms with van der Waals surface area (Å²) < 4.78 is 24.3. The summed E-state index contributed by atoms with van der Waals surface area (Å²) in [6.07, 6.45) is 1.62. The van der Waals surface area contributed by atoms with Crippen LogP contribution in [0.3, 0.4) is 0 Å². The van der Waals surface area contributed by atoms with Crippen LogP contribution in [-0.2, 0) is 11.2 Å². The van der Waals surface area contributed by atoms with Gasteiger partial charge in [0.1, 0.15) is 5.60 Å². The Labute approximate surface area is 129 Å². The van der Waals surface area contributed by atoms with Crippen molar-refractivity contribution in [1.29, 1.82) is 0 Å². The molecule has 1 aromatic carbocycles. The van der Waals surface area contributed by atoms with Crippen LogP contribution >= 0.6 is 0 Å². The summed E-state index contributed by atoms with van der Waals surface area (Å²) in [5.41, 5.74) is 0.540. The quantitative estimate of drug-likeness (QED) is 0.845. The molecule has 22 heavy (non-hydrogen) atoms. The van der Waals surface area contributed by atoms with Gasteiger partial charge < -0.3 is 14.1 Å². The minimum atomic E-state index is -0.535. The number of benzene rings is 1. The van der Waals surface area contributed by atoms with E-state index in [0.717, 1.165) is 10.9 Å². The van der Waals surface area contributed by atoms with Gasteiger partial charge in [-0.1, -0.05) is 0 Å². The molecule has 5 heteroatoms. The van der Waals surface area contributed by atoms with Crippen molar-refractivity contribution in [2.24, 2.45) is 0 Å². The van der Waals surface area contributed by atoms with Gasteiger partial charge >= 0.3 is 6.09 Å². The lowest BCUT2D eigenvalue weighted by atomic mass is 10.0. The molecular formula is C17H22FNO3. The first-order chi connectivity index (χ1) is 10.2. The molecule has 0 bridgehead atoms. The summed E-state index contributed by atoms with van der Waals surface area (Å²) in [5.74, 6) is -0.385. The third-order valence-corrected chi connectivity index (χ3v) is 3.44. The molecule has 1 atom stereocenters. The molecule has 0 saturated carbocycles.